The molecule has 0 radical (unpaired) electrons. The van der Waals surface area contributed by atoms with Crippen LogP contribution in [0.4, 0.5) is 4.79 Å². The number of nitrogens with one attached hydrogen (secondary N) is 1. The number of nitroso groups, excluding NO2 is 1. The van der Waals surface area contributed by atoms with Crippen LogP contribution in [0.15, 0.2) is 5.29 Å². The first-order valence-corrected chi connectivity index (χ1v) is 5.00. The van der Waals surface area contributed by atoms with Crippen LogP contribution in [0.2, 0.25) is 0 Å². The summed E-state index contributed by atoms with van der Waals surface area (Å²) in [6.07, 6.45) is -0.464. The molecule has 10 heteroatoms. The minimum absolute atomic E-state index is 0.0176. The van der Waals surface area contributed by atoms with E-state index in [0.717, 1.165) is 0 Å². The van der Waals surface area contributed by atoms with Crippen molar-refractivity contribution in [1.29, 1.82) is 0 Å². The first-order valence-electron chi connectivity index (χ1n) is 4.47. The van der Waals surface area contributed by atoms with Gasteiger partial charge in [0.1, 0.15) is 6.04 Å². The smallest absolute Gasteiger partial charge is 0.341 e. The van der Waals surface area contributed by atoms with E-state index in [-0.39, 0.29) is 12.4 Å². The molecule has 0 aliphatic carbocycles. The fourth-order valence-electron chi connectivity index (χ4n) is 0.907. The molecule has 5 N–H and O–H groups in total. The van der Waals surface area contributed by atoms with Crippen LogP contribution in [-0.2, 0) is 9.59 Å². The Bertz CT molecular complexity index is 323. The molecule has 0 spiro atoms. The van der Waals surface area contributed by atoms with E-state index < -0.39 is 30.3 Å². The average Bonchev–Trinajstić information content (AvgIpc) is 2.23. The molecule has 0 saturated heterocycles. The molecule has 4 amide bonds. The standard InChI is InChI=1S/C7H12ClN5O4/c8-1-2-13(12-17)7(16)11-4(6(10)15)3-5(9)14/h4H,1-3H2,(H2,9,14)(H2,10,15)(H,11,16). The Morgan fingerprint density at radius 2 is 1.94 bits per heavy atom. The molecule has 0 aliphatic rings. The van der Waals surface area contributed by atoms with Crippen LogP contribution < -0.4 is 16.8 Å². The Morgan fingerprint density at radius 1 is 1.35 bits per heavy atom. The van der Waals surface area contributed by atoms with Crippen molar-refractivity contribution in [2.45, 2.75) is 12.5 Å². The molecule has 0 fully saturated rings. The highest BCUT2D eigenvalue weighted by molar-refractivity contribution is 6.18. The van der Waals surface area contributed by atoms with Crippen molar-refractivity contribution in [3.63, 3.8) is 0 Å². The monoisotopic (exact) mass is 265 g/mol. The van der Waals surface area contributed by atoms with Gasteiger partial charge in [-0.3, -0.25) is 9.59 Å². The van der Waals surface area contributed by atoms with Crippen LogP contribution in [-0.4, -0.2) is 41.3 Å². The Morgan fingerprint density at radius 3 is 2.29 bits per heavy atom. The van der Waals surface area contributed by atoms with E-state index in [9.17, 15) is 19.3 Å². The van der Waals surface area contributed by atoms with Gasteiger partial charge in [0, 0.05) is 5.88 Å². The van der Waals surface area contributed by atoms with Crippen LogP contribution >= 0.6 is 11.6 Å². The molecule has 9 nitrogen and oxygen atoms in total. The number of nitrogens with two attached hydrogens (primary N) is 2. The van der Waals surface area contributed by atoms with E-state index in [2.05, 4.69) is 5.29 Å². The highest BCUT2D eigenvalue weighted by Gasteiger charge is 2.23. The van der Waals surface area contributed by atoms with E-state index in [0.29, 0.717) is 5.01 Å². The maximum absolute atomic E-state index is 11.4. The molecule has 1 unspecified atom stereocenters. The summed E-state index contributed by atoms with van der Waals surface area (Å²) in [6.45, 7) is -0.140. The van der Waals surface area contributed by atoms with Gasteiger partial charge in [-0.15, -0.1) is 16.5 Å². The number of nitrogens with zero attached hydrogens (tertiary/aromatic N) is 2. The summed E-state index contributed by atoms with van der Waals surface area (Å²) in [4.78, 5) is 43.1. The molecule has 17 heavy (non-hydrogen) atoms. The lowest BCUT2D eigenvalue weighted by Crippen LogP contribution is -2.50. The predicted molar refractivity (Wildman–Crippen MR) is 58.5 cm³/mol. The molecule has 0 aromatic heterocycles. The second kappa shape index (κ2) is 7.39. The van der Waals surface area contributed by atoms with Crippen molar-refractivity contribution in [1.82, 2.24) is 10.3 Å². The molecule has 0 aliphatic heterocycles. The van der Waals surface area contributed by atoms with Gasteiger partial charge in [-0.25, -0.2) is 4.79 Å². The number of rotatable bonds is 7. The van der Waals surface area contributed by atoms with Gasteiger partial charge in [0.25, 0.3) is 0 Å². The number of urea groups is 1. The summed E-state index contributed by atoms with van der Waals surface area (Å²) >= 11 is 5.32. The molecule has 0 saturated carbocycles. The number of amides is 4. The van der Waals surface area contributed by atoms with Crippen molar-refractivity contribution in [2.75, 3.05) is 12.4 Å². The van der Waals surface area contributed by atoms with Gasteiger partial charge < -0.3 is 16.8 Å². The van der Waals surface area contributed by atoms with Gasteiger partial charge in [-0.1, -0.05) is 0 Å². The maximum atomic E-state index is 11.4. The third kappa shape index (κ3) is 5.66. The quantitative estimate of drug-likeness (QED) is 0.296. The van der Waals surface area contributed by atoms with Crippen LogP contribution in [0, 0.1) is 4.91 Å². The third-order valence-electron chi connectivity index (χ3n) is 1.68. The lowest BCUT2D eigenvalue weighted by Gasteiger charge is -2.17. The summed E-state index contributed by atoms with van der Waals surface area (Å²) in [5, 5.41) is 4.89. The first kappa shape index (κ1) is 15.1. The lowest BCUT2D eigenvalue weighted by molar-refractivity contribution is -0.124. The molecule has 0 aromatic rings. The van der Waals surface area contributed by atoms with Crippen molar-refractivity contribution in [3.05, 3.63) is 4.91 Å². The number of hydrogen-bond acceptors (Lipinski definition) is 5. The van der Waals surface area contributed by atoms with Crippen LogP contribution in [0.25, 0.3) is 0 Å². The van der Waals surface area contributed by atoms with Gasteiger partial charge in [0.05, 0.1) is 18.3 Å². The van der Waals surface area contributed by atoms with Gasteiger partial charge >= 0.3 is 6.03 Å². The minimum Gasteiger partial charge on any atom is -0.370 e. The summed E-state index contributed by atoms with van der Waals surface area (Å²) in [5.41, 5.74) is 9.79. The summed E-state index contributed by atoms with van der Waals surface area (Å²) < 4.78 is 0. The van der Waals surface area contributed by atoms with Crippen molar-refractivity contribution in [3.8, 4) is 0 Å². The number of hydrogen-bond donors (Lipinski definition) is 3. The van der Waals surface area contributed by atoms with Gasteiger partial charge in [0.15, 0.2) is 0 Å². The zero-order chi connectivity index (χ0) is 13.4. The van der Waals surface area contributed by atoms with Crippen LogP contribution in [0.1, 0.15) is 6.42 Å². The Hall–Kier alpha value is -1.90. The SMILES string of the molecule is NC(=O)CC(NC(=O)N(CCCl)N=O)C(N)=O. The normalized spacial score (nSPS) is 11.4. The van der Waals surface area contributed by atoms with E-state index in [1.54, 1.807) is 0 Å². The average molecular weight is 266 g/mol. The van der Waals surface area contributed by atoms with Crippen molar-refractivity contribution < 1.29 is 14.4 Å². The zero-order valence-electron chi connectivity index (χ0n) is 8.76. The predicted octanol–water partition coefficient (Wildman–Crippen LogP) is -1.35. The van der Waals surface area contributed by atoms with Crippen molar-refractivity contribution in [2.24, 2.45) is 16.8 Å². The first-order chi connectivity index (χ1) is 7.92. The van der Waals surface area contributed by atoms with E-state index in [4.69, 9.17) is 23.1 Å². The van der Waals surface area contributed by atoms with Gasteiger partial charge in [0.2, 0.25) is 11.8 Å². The molecule has 0 bridgehead atoms. The molecule has 1 atom stereocenters. The number of halogens is 1. The van der Waals surface area contributed by atoms with Crippen LogP contribution in [0.3, 0.4) is 0 Å². The molecule has 0 heterocycles. The minimum atomic E-state index is -1.29. The highest BCUT2D eigenvalue weighted by atomic mass is 35.5. The largest absolute Gasteiger partial charge is 0.370 e. The number of primary amides is 2. The lowest BCUT2D eigenvalue weighted by atomic mass is 10.2. The summed E-state index contributed by atoms with van der Waals surface area (Å²) in [5.74, 6) is -1.79. The summed E-state index contributed by atoms with van der Waals surface area (Å²) in [6, 6.07) is -2.27. The topological polar surface area (TPSA) is 148 Å². The van der Waals surface area contributed by atoms with E-state index >= 15 is 0 Å². The molecular weight excluding hydrogens is 254 g/mol. The van der Waals surface area contributed by atoms with E-state index in [1.807, 2.05) is 5.32 Å². The van der Waals surface area contributed by atoms with Crippen molar-refractivity contribution >= 4 is 29.4 Å². The number of carbonyl (C=O) groups excluding carboxylic acids is 3. The van der Waals surface area contributed by atoms with Gasteiger partial charge in [-0.2, -0.15) is 5.01 Å². The molecular formula is C7H12ClN5O4. The second-order valence-corrected chi connectivity index (χ2v) is 3.35. The fourth-order valence-corrected chi connectivity index (χ4v) is 1.07. The molecule has 96 valence electrons. The Kier molecular flexibility index (Phi) is 6.56. The van der Waals surface area contributed by atoms with E-state index in [1.165, 1.54) is 0 Å². The third-order valence-corrected chi connectivity index (χ3v) is 1.84. The zero-order valence-corrected chi connectivity index (χ0v) is 9.51. The Labute approximate surface area is 101 Å². The van der Waals surface area contributed by atoms with Gasteiger partial charge in [-0.05, 0) is 0 Å². The molecule has 0 aromatic carbocycles. The summed E-state index contributed by atoms with van der Waals surface area (Å²) in [7, 11) is 0. The number of alkyl halides is 1. The molecule has 0 rings (SSSR count). The fraction of sp³-hybridized carbons (Fsp3) is 0.571. The Balaban J connectivity index is 4.53. The second-order valence-electron chi connectivity index (χ2n) is 2.97. The number of carbonyl (C=O) groups is 3. The maximum Gasteiger partial charge on any atom is 0.341 e. The highest BCUT2D eigenvalue weighted by Crippen LogP contribution is 1.96. The van der Waals surface area contributed by atoms with Crippen LogP contribution in [0.5, 0.6) is 0 Å².